The Morgan fingerprint density at radius 3 is 3.00 bits per heavy atom. The third-order valence-electron chi connectivity index (χ3n) is 2.57. The summed E-state index contributed by atoms with van der Waals surface area (Å²) in [6.07, 6.45) is 2.41. The van der Waals surface area contributed by atoms with E-state index in [2.05, 4.69) is 15.9 Å². The highest BCUT2D eigenvalue weighted by molar-refractivity contribution is 9.10. The molecule has 1 aliphatic rings. The van der Waals surface area contributed by atoms with Crippen LogP contribution in [0, 0.1) is 0 Å². The van der Waals surface area contributed by atoms with Crippen LogP contribution in [0.5, 0.6) is 5.75 Å². The minimum atomic E-state index is 0.0235. The Labute approximate surface area is 104 Å². The standard InChI is InChI=1S/C12H15BrO3/c13-10-4-9(7-14)5-12(6-10)16-8-11-2-1-3-15-11/h4-6,11,14H,1-3,7-8H2/t11-/m1/s1. The number of rotatable bonds is 4. The van der Waals surface area contributed by atoms with Crippen LogP contribution in [0.4, 0.5) is 0 Å². The predicted molar refractivity (Wildman–Crippen MR) is 64.5 cm³/mol. The van der Waals surface area contributed by atoms with Crippen molar-refractivity contribution in [1.82, 2.24) is 0 Å². The molecule has 1 aliphatic heterocycles. The maximum absolute atomic E-state index is 9.07. The van der Waals surface area contributed by atoms with Gasteiger partial charge < -0.3 is 14.6 Å². The maximum atomic E-state index is 9.07. The highest BCUT2D eigenvalue weighted by Gasteiger charge is 2.16. The van der Waals surface area contributed by atoms with Crippen LogP contribution >= 0.6 is 15.9 Å². The fourth-order valence-corrected chi connectivity index (χ4v) is 2.28. The molecule has 0 radical (unpaired) electrons. The molecule has 4 heteroatoms. The van der Waals surface area contributed by atoms with E-state index in [9.17, 15) is 0 Å². The van der Waals surface area contributed by atoms with Crippen molar-refractivity contribution in [2.45, 2.75) is 25.6 Å². The predicted octanol–water partition coefficient (Wildman–Crippen LogP) is 2.50. The Morgan fingerprint density at radius 1 is 1.44 bits per heavy atom. The average molecular weight is 287 g/mol. The lowest BCUT2D eigenvalue weighted by atomic mass is 10.2. The first-order valence-corrected chi connectivity index (χ1v) is 6.22. The lowest BCUT2D eigenvalue weighted by Crippen LogP contribution is -2.16. The van der Waals surface area contributed by atoms with E-state index in [0.717, 1.165) is 35.2 Å². The van der Waals surface area contributed by atoms with E-state index in [1.807, 2.05) is 18.2 Å². The number of hydrogen-bond donors (Lipinski definition) is 1. The summed E-state index contributed by atoms with van der Waals surface area (Å²) in [5, 5.41) is 9.07. The monoisotopic (exact) mass is 286 g/mol. The fraction of sp³-hybridized carbons (Fsp3) is 0.500. The third kappa shape index (κ3) is 3.20. The molecule has 1 fully saturated rings. The van der Waals surface area contributed by atoms with Crippen LogP contribution in [0.3, 0.4) is 0 Å². The summed E-state index contributed by atoms with van der Waals surface area (Å²) < 4.78 is 12.0. The van der Waals surface area contributed by atoms with E-state index >= 15 is 0 Å². The highest BCUT2D eigenvalue weighted by Crippen LogP contribution is 2.22. The van der Waals surface area contributed by atoms with E-state index in [0.29, 0.717) is 6.61 Å². The highest BCUT2D eigenvalue weighted by atomic mass is 79.9. The molecule has 0 aliphatic carbocycles. The van der Waals surface area contributed by atoms with Gasteiger partial charge in [-0.1, -0.05) is 15.9 Å². The Balaban J connectivity index is 1.94. The van der Waals surface area contributed by atoms with Crippen molar-refractivity contribution in [3.05, 3.63) is 28.2 Å². The minimum Gasteiger partial charge on any atom is -0.491 e. The summed E-state index contributed by atoms with van der Waals surface area (Å²) in [4.78, 5) is 0. The Kier molecular flexibility index (Phi) is 4.21. The summed E-state index contributed by atoms with van der Waals surface area (Å²) in [5.74, 6) is 0.772. The van der Waals surface area contributed by atoms with Gasteiger partial charge in [0.25, 0.3) is 0 Å². The molecule has 1 aromatic rings. The quantitative estimate of drug-likeness (QED) is 0.924. The van der Waals surface area contributed by atoms with Crippen molar-refractivity contribution >= 4 is 15.9 Å². The molecule has 0 spiro atoms. The number of aliphatic hydroxyl groups is 1. The van der Waals surface area contributed by atoms with E-state index in [1.165, 1.54) is 0 Å². The molecule has 0 aromatic heterocycles. The van der Waals surface area contributed by atoms with Gasteiger partial charge in [-0.25, -0.2) is 0 Å². The van der Waals surface area contributed by atoms with Crippen molar-refractivity contribution in [1.29, 1.82) is 0 Å². The second-order valence-electron chi connectivity index (χ2n) is 3.90. The van der Waals surface area contributed by atoms with Gasteiger partial charge in [-0.2, -0.15) is 0 Å². The first kappa shape index (κ1) is 11.9. The summed E-state index contributed by atoms with van der Waals surface area (Å²) in [6, 6.07) is 5.62. The molecule has 1 saturated heterocycles. The van der Waals surface area contributed by atoms with Crippen molar-refractivity contribution in [2.75, 3.05) is 13.2 Å². The molecule has 1 atom stereocenters. The maximum Gasteiger partial charge on any atom is 0.120 e. The van der Waals surface area contributed by atoms with Gasteiger partial charge in [-0.05, 0) is 36.6 Å². The zero-order valence-electron chi connectivity index (χ0n) is 8.99. The van der Waals surface area contributed by atoms with Crippen LogP contribution in [0.25, 0.3) is 0 Å². The van der Waals surface area contributed by atoms with Crippen molar-refractivity contribution in [2.24, 2.45) is 0 Å². The number of halogens is 1. The van der Waals surface area contributed by atoms with Gasteiger partial charge in [0.15, 0.2) is 0 Å². The van der Waals surface area contributed by atoms with E-state index in [4.69, 9.17) is 14.6 Å². The van der Waals surface area contributed by atoms with Gasteiger partial charge in [0.2, 0.25) is 0 Å². The van der Waals surface area contributed by atoms with Gasteiger partial charge in [-0.3, -0.25) is 0 Å². The average Bonchev–Trinajstić information content (AvgIpc) is 2.78. The second kappa shape index (κ2) is 5.66. The first-order chi connectivity index (χ1) is 7.78. The molecule has 2 rings (SSSR count). The van der Waals surface area contributed by atoms with E-state index in [1.54, 1.807) is 0 Å². The van der Waals surface area contributed by atoms with Crippen LogP contribution in [0.1, 0.15) is 18.4 Å². The SMILES string of the molecule is OCc1cc(Br)cc(OC[C@H]2CCCO2)c1. The zero-order chi connectivity index (χ0) is 11.4. The summed E-state index contributed by atoms with van der Waals surface area (Å²) in [7, 11) is 0. The van der Waals surface area contributed by atoms with Crippen LogP contribution in [0.2, 0.25) is 0 Å². The van der Waals surface area contributed by atoms with Crippen molar-refractivity contribution < 1.29 is 14.6 Å². The Hall–Kier alpha value is -0.580. The molecule has 88 valence electrons. The smallest absolute Gasteiger partial charge is 0.120 e. The molecular weight excluding hydrogens is 272 g/mol. The van der Waals surface area contributed by atoms with Crippen LogP contribution in [-0.2, 0) is 11.3 Å². The minimum absolute atomic E-state index is 0.0235. The molecule has 0 unspecified atom stereocenters. The molecule has 3 nitrogen and oxygen atoms in total. The molecular formula is C12H15BrO3. The van der Waals surface area contributed by atoms with Crippen LogP contribution < -0.4 is 4.74 Å². The fourth-order valence-electron chi connectivity index (χ4n) is 1.76. The molecule has 0 bridgehead atoms. The largest absolute Gasteiger partial charge is 0.491 e. The molecule has 0 amide bonds. The second-order valence-corrected chi connectivity index (χ2v) is 4.82. The Bertz CT molecular complexity index is 348. The van der Waals surface area contributed by atoms with Gasteiger partial charge in [-0.15, -0.1) is 0 Å². The first-order valence-electron chi connectivity index (χ1n) is 5.42. The number of hydrogen-bond acceptors (Lipinski definition) is 3. The molecule has 1 N–H and O–H groups in total. The lowest BCUT2D eigenvalue weighted by Gasteiger charge is -2.12. The lowest BCUT2D eigenvalue weighted by molar-refractivity contribution is 0.0679. The summed E-state index contributed by atoms with van der Waals surface area (Å²) >= 11 is 3.38. The molecule has 1 aromatic carbocycles. The molecule has 0 saturated carbocycles. The van der Waals surface area contributed by atoms with Gasteiger partial charge in [0, 0.05) is 11.1 Å². The normalized spacial score (nSPS) is 20.0. The summed E-state index contributed by atoms with van der Waals surface area (Å²) in [6.45, 7) is 1.45. The van der Waals surface area contributed by atoms with Crippen LogP contribution in [0.15, 0.2) is 22.7 Å². The number of aliphatic hydroxyl groups excluding tert-OH is 1. The number of ether oxygens (including phenoxy) is 2. The van der Waals surface area contributed by atoms with Crippen molar-refractivity contribution in [3.8, 4) is 5.75 Å². The van der Waals surface area contributed by atoms with Gasteiger partial charge >= 0.3 is 0 Å². The zero-order valence-corrected chi connectivity index (χ0v) is 10.6. The van der Waals surface area contributed by atoms with Gasteiger partial charge in [0.1, 0.15) is 12.4 Å². The third-order valence-corrected chi connectivity index (χ3v) is 3.03. The van der Waals surface area contributed by atoms with Gasteiger partial charge in [0.05, 0.1) is 12.7 Å². The van der Waals surface area contributed by atoms with E-state index in [-0.39, 0.29) is 12.7 Å². The topological polar surface area (TPSA) is 38.7 Å². The molecule has 16 heavy (non-hydrogen) atoms. The summed E-state index contributed by atoms with van der Waals surface area (Å²) in [5.41, 5.74) is 0.844. The van der Waals surface area contributed by atoms with Crippen molar-refractivity contribution in [3.63, 3.8) is 0 Å². The molecule has 1 heterocycles. The number of benzene rings is 1. The van der Waals surface area contributed by atoms with Crippen LogP contribution in [-0.4, -0.2) is 24.4 Å². The Morgan fingerprint density at radius 2 is 2.31 bits per heavy atom. The van der Waals surface area contributed by atoms with E-state index < -0.39 is 0 Å².